The standard InChI is InChI=1S/C11H17NO4S/c1-14-5-6-16-12-8-10-4-3-9(17-10)7-11(13)15-2/h3-4,12H,5-8H2,1-2H3. The molecule has 17 heavy (non-hydrogen) atoms. The summed E-state index contributed by atoms with van der Waals surface area (Å²) in [4.78, 5) is 18.3. The third-order valence-electron chi connectivity index (χ3n) is 2.00. The van der Waals surface area contributed by atoms with Crippen LogP contribution in [0.15, 0.2) is 12.1 Å². The van der Waals surface area contributed by atoms with Gasteiger partial charge < -0.3 is 9.47 Å². The lowest BCUT2D eigenvalue weighted by Crippen LogP contribution is -2.16. The monoisotopic (exact) mass is 259 g/mol. The second-order valence-electron chi connectivity index (χ2n) is 3.28. The van der Waals surface area contributed by atoms with Crippen LogP contribution in [0.25, 0.3) is 0 Å². The Morgan fingerprint density at radius 2 is 2.06 bits per heavy atom. The Bertz CT molecular complexity index is 340. The summed E-state index contributed by atoms with van der Waals surface area (Å²) < 4.78 is 9.44. The third-order valence-corrected chi connectivity index (χ3v) is 3.09. The van der Waals surface area contributed by atoms with Gasteiger partial charge in [0.05, 0.1) is 33.3 Å². The van der Waals surface area contributed by atoms with Crippen molar-refractivity contribution in [1.29, 1.82) is 0 Å². The Balaban J connectivity index is 2.23. The average molecular weight is 259 g/mol. The summed E-state index contributed by atoms with van der Waals surface area (Å²) in [5.74, 6) is -0.220. The number of hydroxylamine groups is 1. The van der Waals surface area contributed by atoms with Crippen LogP contribution < -0.4 is 5.48 Å². The van der Waals surface area contributed by atoms with Crippen LogP contribution >= 0.6 is 11.3 Å². The second-order valence-corrected chi connectivity index (χ2v) is 4.54. The minimum Gasteiger partial charge on any atom is -0.469 e. The highest BCUT2D eigenvalue weighted by Gasteiger charge is 2.05. The first-order chi connectivity index (χ1) is 8.26. The number of rotatable bonds is 8. The van der Waals surface area contributed by atoms with Crippen molar-refractivity contribution in [1.82, 2.24) is 5.48 Å². The van der Waals surface area contributed by atoms with Crippen molar-refractivity contribution in [2.45, 2.75) is 13.0 Å². The summed E-state index contributed by atoms with van der Waals surface area (Å²) >= 11 is 1.57. The van der Waals surface area contributed by atoms with Gasteiger partial charge in [0.25, 0.3) is 0 Å². The quantitative estimate of drug-likeness (QED) is 0.431. The van der Waals surface area contributed by atoms with E-state index in [1.54, 1.807) is 18.4 Å². The van der Waals surface area contributed by atoms with Gasteiger partial charge >= 0.3 is 5.97 Å². The van der Waals surface area contributed by atoms with Crippen LogP contribution in [-0.4, -0.2) is 33.4 Å². The normalized spacial score (nSPS) is 10.5. The van der Waals surface area contributed by atoms with E-state index in [0.717, 1.165) is 9.75 Å². The fraction of sp³-hybridized carbons (Fsp3) is 0.545. The predicted molar refractivity (Wildman–Crippen MR) is 64.7 cm³/mol. The number of esters is 1. The number of ether oxygens (including phenoxy) is 2. The molecule has 1 N–H and O–H groups in total. The smallest absolute Gasteiger partial charge is 0.310 e. The molecule has 0 aromatic carbocycles. The highest BCUT2D eigenvalue weighted by atomic mass is 32.1. The lowest BCUT2D eigenvalue weighted by atomic mass is 10.3. The fourth-order valence-corrected chi connectivity index (χ4v) is 2.08. The van der Waals surface area contributed by atoms with Gasteiger partial charge in [0, 0.05) is 16.9 Å². The van der Waals surface area contributed by atoms with Crippen molar-refractivity contribution < 1.29 is 19.1 Å². The van der Waals surface area contributed by atoms with Crippen LogP contribution in [0, 0.1) is 0 Å². The third kappa shape index (κ3) is 5.78. The highest BCUT2D eigenvalue weighted by Crippen LogP contribution is 2.17. The first-order valence-electron chi connectivity index (χ1n) is 5.24. The zero-order valence-electron chi connectivity index (χ0n) is 10.0. The summed E-state index contributed by atoms with van der Waals surface area (Å²) in [7, 11) is 3.02. The molecule has 1 rings (SSSR count). The summed E-state index contributed by atoms with van der Waals surface area (Å²) in [5, 5.41) is 0. The number of carbonyl (C=O) groups is 1. The van der Waals surface area contributed by atoms with Crippen LogP contribution in [-0.2, 0) is 32.1 Å². The number of hydrogen-bond donors (Lipinski definition) is 1. The minimum absolute atomic E-state index is 0.220. The van der Waals surface area contributed by atoms with Crippen molar-refractivity contribution in [2.75, 3.05) is 27.4 Å². The van der Waals surface area contributed by atoms with Crippen LogP contribution in [0.4, 0.5) is 0 Å². The van der Waals surface area contributed by atoms with Gasteiger partial charge in [-0.1, -0.05) is 0 Å². The molecule has 1 heterocycles. The van der Waals surface area contributed by atoms with Gasteiger partial charge in [-0.3, -0.25) is 9.63 Å². The SMILES string of the molecule is COCCONCc1ccc(CC(=O)OC)s1. The molecule has 96 valence electrons. The largest absolute Gasteiger partial charge is 0.469 e. The van der Waals surface area contributed by atoms with Gasteiger partial charge in [-0.2, -0.15) is 5.48 Å². The molecular weight excluding hydrogens is 242 g/mol. The Labute approximate surface area is 105 Å². The Morgan fingerprint density at radius 3 is 2.76 bits per heavy atom. The maximum atomic E-state index is 11.1. The zero-order chi connectivity index (χ0) is 12.5. The number of methoxy groups -OCH3 is 2. The van der Waals surface area contributed by atoms with Gasteiger partial charge in [-0.25, -0.2) is 0 Å². The van der Waals surface area contributed by atoms with Crippen LogP contribution in [0.3, 0.4) is 0 Å². The highest BCUT2D eigenvalue weighted by molar-refractivity contribution is 7.12. The van der Waals surface area contributed by atoms with E-state index in [9.17, 15) is 4.79 Å². The van der Waals surface area contributed by atoms with Crippen molar-refractivity contribution >= 4 is 17.3 Å². The molecule has 0 saturated heterocycles. The maximum Gasteiger partial charge on any atom is 0.310 e. The van der Waals surface area contributed by atoms with Gasteiger partial charge in [0.1, 0.15) is 0 Å². The van der Waals surface area contributed by atoms with Crippen LogP contribution in [0.5, 0.6) is 0 Å². The molecule has 0 unspecified atom stereocenters. The number of thiophene rings is 1. The van der Waals surface area contributed by atoms with Gasteiger partial charge in [-0.15, -0.1) is 11.3 Å². The molecule has 0 aliphatic carbocycles. The van der Waals surface area contributed by atoms with Crippen LogP contribution in [0.2, 0.25) is 0 Å². The van der Waals surface area contributed by atoms with Gasteiger partial charge in [0.2, 0.25) is 0 Å². The molecular formula is C11H17NO4S. The molecule has 1 aromatic rings. The van der Waals surface area contributed by atoms with E-state index < -0.39 is 0 Å². The van der Waals surface area contributed by atoms with Gasteiger partial charge in [0.15, 0.2) is 0 Å². The number of carbonyl (C=O) groups excluding carboxylic acids is 1. The maximum absolute atomic E-state index is 11.1. The minimum atomic E-state index is -0.220. The first kappa shape index (κ1) is 14.1. The molecule has 0 saturated carbocycles. The van der Waals surface area contributed by atoms with Gasteiger partial charge in [-0.05, 0) is 12.1 Å². The number of hydrogen-bond acceptors (Lipinski definition) is 6. The Hall–Kier alpha value is -0.950. The summed E-state index contributed by atoms with van der Waals surface area (Å²) in [6.07, 6.45) is 0.325. The fourth-order valence-electron chi connectivity index (χ4n) is 1.15. The van der Waals surface area contributed by atoms with E-state index >= 15 is 0 Å². The van der Waals surface area contributed by atoms with Crippen molar-refractivity contribution in [3.8, 4) is 0 Å². The van der Waals surface area contributed by atoms with Crippen LogP contribution in [0.1, 0.15) is 9.75 Å². The topological polar surface area (TPSA) is 56.8 Å². The molecule has 0 radical (unpaired) electrons. The summed E-state index contributed by atoms with van der Waals surface area (Å²) in [6, 6.07) is 3.89. The van der Waals surface area contributed by atoms with E-state index in [0.29, 0.717) is 26.2 Å². The lowest BCUT2D eigenvalue weighted by molar-refractivity contribution is -0.139. The van der Waals surface area contributed by atoms with E-state index in [-0.39, 0.29) is 5.97 Å². The van der Waals surface area contributed by atoms with E-state index in [1.165, 1.54) is 7.11 Å². The lowest BCUT2D eigenvalue weighted by Gasteiger charge is -2.03. The molecule has 5 nitrogen and oxygen atoms in total. The Morgan fingerprint density at radius 1 is 1.29 bits per heavy atom. The zero-order valence-corrected chi connectivity index (χ0v) is 10.8. The predicted octanol–water partition coefficient (Wildman–Crippen LogP) is 1.13. The molecule has 0 aliphatic rings. The molecule has 0 amide bonds. The molecule has 6 heteroatoms. The molecule has 0 spiro atoms. The van der Waals surface area contributed by atoms with E-state index in [1.807, 2.05) is 12.1 Å². The van der Waals surface area contributed by atoms with Crippen molar-refractivity contribution in [3.05, 3.63) is 21.9 Å². The van der Waals surface area contributed by atoms with Crippen molar-refractivity contribution in [3.63, 3.8) is 0 Å². The molecule has 0 fully saturated rings. The molecule has 0 bridgehead atoms. The average Bonchev–Trinajstić information content (AvgIpc) is 2.76. The molecule has 0 atom stereocenters. The molecule has 0 aliphatic heterocycles. The van der Waals surface area contributed by atoms with E-state index in [2.05, 4.69) is 10.2 Å². The molecule has 1 aromatic heterocycles. The first-order valence-corrected chi connectivity index (χ1v) is 6.06. The second kappa shape index (κ2) is 8.19. The Kier molecular flexibility index (Phi) is 6.80. The van der Waals surface area contributed by atoms with Crippen molar-refractivity contribution in [2.24, 2.45) is 0 Å². The number of nitrogens with one attached hydrogen (secondary N) is 1. The summed E-state index contributed by atoms with van der Waals surface area (Å²) in [6.45, 7) is 1.69. The summed E-state index contributed by atoms with van der Waals surface area (Å²) in [5.41, 5.74) is 2.83. The van der Waals surface area contributed by atoms with E-state index in [4.69, 9.17) is 9.57 Å².